The Kier molecular flexibility index (Phi) is 3.44. The van der Waals surface area contributed by atoms with Gasteiger partial charge in [-0.25, -0.2) is 5.84 Å². The van der Waals surface area contributed by atoms with Crippen molar-refractivity contribution in [2.45, 2.75) is 6.61 Å². The number of fused-ring (bicyclic) bond motifs is 1. The number of benzene rings is 1. The van der Waals surface area contributed by atoms with Crippen LogP contribution in [0.5, 0.6) is 17.2 Å². The maximum atomic E-state index is 11.5. The van der Waals surface area contributed by atoms with Crippen molar-refractivity contribution in [3.8, 4) is 17.2 Å². The molecule has 3 N–H and O–H groups in total. The second-order valence-electron chi connectivity index (χ2n) is 4.05. The lowest BCUT2D eigenvalue weighted by molar-refractivity contribution is 0.0955. The number of amides is 1. The number of nitrogens with two attached hydrogens (primary N) is 1. The lowest BCUT2D eigenvalue weighted by atomic mass is 10.2. The lowest BCUT2D eigenvalue weighted by Gasteiger charge is -2.07. The quantitative estimate of drug-likeness (QED) is 0.509. The number of hydrogen-bond donors (Lipinski definition) is 2. The standard InChI is InChI=1S/C13H12N2O4S/c14-15-13(16)12-8(3-4-20-12)6-17-9-1-2-10-11(5-9)19-7-18-10/h1-5H,6-7,14H2,(H,15,16). The van der Waals surface area contributed by atoms with Crippen LogP contribution in [0, 0.1) is 0 Å². The van der Waals surface area contributed by atoms with Crippen molar-refractivity contribution >= 4 is 17.2 Å². The van der Waals surface area contributed by atoms with Crippen LogP contribution in [-0.4, -0.2) is 12.7 Å². The van der Waals surface area contributed by atoms with Crippen molar-refractivity contribution in [3.05, 3.63) is 40.1 Å². The van der Waals surface area contributed by atoms with Crippen LogP contribution in [0.1, 0.15) is 15.2 Å². The van der Waals surface area contributed by atoms with Gasteiger partial charge in [-0.15, -0.1) is 11.3 Å². The summed E-state index contributed by atoms with van der Waals surface area (Å²) >= 11 is 1.32. The topological polar surface area (TPSA) is 82.8 Å². The highest BCUT2D eigenvalue weighted by Crippen LogP contribution is 2.35. The number of thiophene rings is 1. The summed E-state index contributed by atoms with van der Waals surface area (Å²) in [5.41, 5.74) is 2.91. The molecule has 0 aliphatic carbocycles. The molecule has 7 heteroatoms. The Labute approximate surface area is 119 Å². The number of hydrogen-bond acceptors (Lipinski definition) is 6. The highest BCUT2D eigenvalue weighted by molar-refractivity contribution is 7.12. The molecular formula is C13H12N2O4S. The third-order valence-corrected chi connectivity index (χ3v) is 3.78. The Hall–Kier alpha value is -2.25. The first-order valence-corrected chi connectivity index (χ1v) is 6.75. The van der Waals surface area contributed by atoms with E-state index >= 15 is 0 Å². The van der Waals surface area contributed by atoms with Gasteiger partial charge in [0.2, 0.25) is 6.79 Å². The van der Waals surface area contributed by atoms with E-state index in [0.29, 0.717) is 22.1 Å². The fraction of sp³-hybridized carbons (Fsp3) is 0.154. The van der Waals surface area contributed by atoms with Gasteiger partial charge in [0, 0.05) is 11.6 Å². The van der Waals surface area contributed by atoms with E-state index in [4.69, 9.17) is 20.1 Å². The minimum absolute atomic E-state index is 0.226. The first-order chi connectivity index (χ1) is 9.78. The van der Waals surface area contributed by atoms with Gasteiger partial charge >= 0.3 is 0 Å². The smallest absolute Gasteiger partial charge is 0.275 e. The van der Waals surface area contributed by atoms with E-state index in [0.717, 1.165) is 5.56 Å². The summed E-state index contributed by atoms with van der Waals surface area (Å²) in [7, 11) is 0. The summed E-state index contributed by atoms with van der Waals surface area (Å²) in [4.78, 5) is 12.1. The van der Waals surface area contributed by atoms with Crippen molar-refractivity contribution in [2.75, 3.05) is 6.79 Å². The summed E-state index contributed by atoms with van der Waals surface area (Å²) in [5.74, 6) is 6.84. The lowest BCUT2D eigenvalue weighted by Crippen LogP contribution is -2.30. The molecule has 1 aliphatic heterocycles. The SMILES string of the molecule is NNC(=O)c1sccc1COc1ccc2c(c1)OCO2. The number of carbonyl (C=O) groups excluding carboxylic acids is 1. The van der Waals surface area contributed by atoms with Crippen LogP contribution < -0.4 is 25.5 Å². The van der Waals surface area contributed by atoms with E-state index in [9.17, 15) is 4.79 Å². The monoisotopic (exact) mass is 292 g/mol. The van der Waals surface area contributed by atoms with Crippen LogP contribution in [-0.2, 0) is 6.61 Å². The molecule has 0 saturated heterocycles. The van der Waals surface area contributed by atoms with Gasteiger partial charge in [-0.1, -0.05) is 0 Å². The van der Waals surface area contributed by atoms with Gasteiger partial charge < -0.3 is 14.2 Å². The first kappa shape index (κ1) is 12.8. The molecule has 0 unspecified atom stereocenters. The average molecular weight is 292 g/mol. The molecule has 0 bridgehead atoms. The normalized spacial score (nSPS) is 12.2. The molecule has 1 amide bonds. The zero-order chi connectivity index (χ0) is 13.9. The number of rotatable bonds is 4. The number of carbonyl (C=O) groups is 1. The number of ether oxygens (including phenoxy) is 3. The van der Waals surface area contributed by atoms with Gasteiger partial charge in [-0.2, -0.15) is 0 Å². The minimum Gasteiger partial charge on any atom is -0.489 e. The Morgan fingerprint density at radius 3 is 3.05 bits per heavy atom. The molecule has 3 rings (SSSR count). The Morgan fingerprint density at radius 2 is 2.20 bits per heavy atom. The van der Waals surface area contributed by atoms with E-state index in [1.807, 2.05) is 11.4 Å². The van der Waals surface area contributed by atoms with Gasteiger partial charge in [0.25, 0.3) is 5.91 Å². The van der Waals surface area contributed by atoms with Crippen molar-refractivity contribution < 1.29 is 19.0 Å². The molecule has 6 nitrogen and oxygen atoms in total. The van der Waals surface area contributed by atoms with Crippen LogP contribution in [0.4, 0.5) is 0 Å². The Balaban J connectivity index is 1.71. The van der Waals surface area contributed by atoms with Gasteiger partial charge in [0.1, 0.15) is 12.4 Å². The molecule has 1 aliphatic rings. The Bertz CT molecular complexity index is 641. The van der Waals surface area contributed by atoms with Crippen molar-refractivity contribution in [2.24, 2.45) is 5.84 Å². The maximum absolute atomic E-state index is 11.5. The Morgan fingerprint density at radius 1 is 1.35 bits per heavy atom. The molecule has 1 aromatic heterocycles. The third-order valence-electron chi connectivity index (χ3n) is 2.82. The molecule has 0 atom stereocenters. The number of hydrazine groups is 1. The number of nitrogens with one attached hydrogen (secondary N) is 1. The van der Waals surface area contributed by atoms with E-state index in [1.165, 1.54) is 11.3 Å². The summed E-state index contributed by atoms with van der Waals surface area (Å²) in [6.45, 7) is 0.510. The van der Waals surface area contributed by atoms with Crippen LogP contribution in [0.15, 0.2) is 29.6 Å². The van der Waals surface area contributed by atoms with Gasteiger partial charge in [0.05, 0.1) is 4.88 Å². The summed E-state index contributed by atoms with van der Waals surface area (Å²) in [6.07, 6.45) is 0. The molecule has 2 heterocycles. The molecule has 0 spiro atoms. The second kappa shape index (κ2) is 5.40. The summed E-state index contributed by atoms with van der Waals surface area (Å²) in [5, 5.41) is 1.82. The van der Waals surface area contributed by atoms with E-state index in [1.54, 1.807) is 18.2 Å². The van der Waals surface area contributed by atoms with Gasteiger partial charge in [-0.3, -0.25) is 10.2 Å². The predicted molar refractivity (Wildman–Crippen MR) is 72.9 cm³/mol. The largest absolute Gasteiger partial charge is 0.489 e. The van der Waals surface area contributed by atoms with Gasteiger partial charge in [0.15, 0.2) is 11.5 Å². The fourth-order valence-electron chi connectivity index (χ4n) is 1.84. The van der Waals surface area contributed by atoms with E-state index < -0.39 is 0 Å². The molecule has 0 saturated carbocycles. The second-order valence-corrected chi connectivity index (χ2v) is 4.97. The van der Waals surface area contributed by atoms with E-state index in [-0.39, 0.29) is 19.3 Å². The molecule has 1 aromatic carbocycles. The van der Waals surface area contributed by atoms with Crippen molar-refractivity contribution in [1.29, 1.82) is 0 Å². The number of nitrogen functional groups attached to an aromatic ring is 1. The minimum atomic E-state index is -0.315. The fourth-order valence-corrected chi connectivity index (χ4v) is 2.65. The van der Waals surface area contributed by atoms with Crippen molar-refractivity contribution in [3.63, 3.8) is 0 Å². The van der Waals surface area contributed by atoms with Crippen LogP contribution in [0.25, 0.3) is 0 Å². The van der Waals surface area contributed by atoms with Crippen LogP contribution in [0.2, 0.25) is 0 Å². The molecule has 0 radical (unpaired) electrons. The van der Waals surface area contributed by atoms with E-state index in [2.05, 4.69) is 5.43 Å². The summed E-state index contributed by atoms with van der Waals surface area (Å²) < 4.78 is 16.2. The zero-order valence-electron chi connectivity index (χ0n) is 10.4. The first-order valence-electron chi connectivity index (χ1n) is 5.87. The summed E-state index contributed by atoms with van der Waals surface area (Å²) in [6, 6.07) is 7.18. The molecule has 20 heavy (non-hydrogen) atoms. The van der Waals surface area contributed by atoms with Gasteiger partial charge in [-0.05, 0) is 23.6 Å². The highest BCUT2D eigenvalue weighted by Gasteiger charge is 2.15. The zero-order valence-corrected chi connectivity index (χ0v) is 11.2. The third kappa shape index (κ3) is 2.40. The predicted octanol–water partition coefficient (Wildman–Crippen LogP) is 1.66. The average Bonchev–Trinajstić information content (AvgIpc) is 3.12. The van der Waals surface area contributed by atoms with Crippen LogP contribution >= 0.6 is 11.3 Å². The van der Waals surface area contributed by atoms with Crippen molar-refractivity contribution in [1.82, 2.24) is 5.43 Å². The molecular weight excluding hydrogens is 280 g/mol. The highest BCUT2D eigenvalue weighted by atomic mass is 32.1. The molecule has 2 aromatic rings. The molecule has 104 valence electrons. The maximum Gasteiger partial charge on any atom is 0.275 e. The van der Waals surface area contributed by atoms with Crippen LogP contribution in [0.3, 0.4) is 0 Å². The molecule has 0 fully saturated rings.